The van der Waals surface area contributed by atoms with Crippen molar-refractivity contribution in [1.29, 1.82) is 0 Å². The van der Waals surface area contributed by atoms with Crippen LogP contribution in [0.25, 0.3) is 0 Å². The number of hydrogen-bond acceptors (Lipinski definition) is 3. The maximum Gasteiger partial charge on any atom is 0.423 e. The van der Waals surface area contributed by atoms with Crippen molar-refractivity contribution in [2.24, 2.45) is 0 Å². The van der Waals surface area contributed by atoms with Gasteiger partial charge < -0.3 is 0 Å². The molecule has 0 aliphatic rings. The van der Waals surface area contributed by atoms with Crippen molar-refractivity contribution in [2.45, 2.75) is 6.18 Å². The van der Waals surface area contributed by atoms with Crippen molar-refractivity contribution in [2.75, 3.05) is 0 Å². The first-order valence-corrected chi connectivity index (χ1v) is 3.77. The highest BCUT2D eigenvalue weighted by Crippen LogP contribution is 2.37. The second-order valence-corrected chi connectivity index (χ2v) is 2.76. The second-order valence-electron chi connectivity index (χ2n) is 2.76. The normalized spacial score (nSPS) is 11.2. The Hall–Kier alpha value is -1.99. The molecule has 0 aliphatic heterocycles. The van der Waals surface area contributed by atoms with Gasteiger partial charge in [0.05, 0.1) is 10.5 Å². The Bertz CT molecular complexity index is 455. The van der Waals surface area contributed by atoms with Gasteiger partial charge in [0.2, 0.25) is 0 Å². The van der Waals surface area contributed by atoms with Gasteiger partial charge in [0, 0.05) is 6.07 Å². The third-order valence-corrected chi connectivity index (χ3v) is 1.74. The van der Waals surface area contributed by atoms with Gasteiger partial charge in [-0.25, -0.2) is 4.39 Å². The number of nitro groups is 1. The Labute approximate surface area is 85.6 Å². The lowest BCUT2D eigenvalue weighted by molar-refractivity contribution is -0.388. The van der Waals surface area contributed by atoms with E-state index in [9.17, 15) is 32.5 Å². The van der Waals surface area contributed by atoms with E-state index in [1.807, 2.05) is 0 Å². The van der Waals surface area contributed by atoms with E-state index in [0.29, 0.717) is 0 Å². The molecule has 4 nitrogen and oxygen atoms in total. The first-order valence-electron chi connectivity index (χ1n) is 3.77. The minimum atomic E-state index is -5.05. The number of halogens is 4. The quantitative estimate of drug-likeness (QED) is 0.343. The average Bonchev–Trinajstić information content (AvgIpc) is 2.15. The summed E-state index contributed by atoms with van der Waals surface area (Å²) in [6.45, 7) is 0. The summed E-state index contributed by atoms with van der Waals surface area (Å²) in [5, 5.41) is 10.3. The fraction of sp³-hybridized carbons (Fsp3) is 0.125. The summed E-state index contributed by atoms with van der Waals surface area (Å²) in [7, 11) is 0. The van der Waals surface area contributed by atoms with Gasteiger partial charge >= 0.3 is 6.18 Å². The Morgan fingerprint density at radius 1 is 1.31 bits per heavy atom. The minimum Gasteiger partial charge on any atom is -0.298 e. The van der Waals surface area contributed by atoms with E-state index in [0.717, 1.165) is 0 Å². The average molecular weight is 237 g/mol. The largest absolute Gasteiger partial charge is 0.423 e. The molecule has 0 saturated carbocycles. The van der Waals surface area contributed by atoms with Crippen LogP contribution in [0.15, 0.2) is 12.1 Å². The van der Waals surface area contributed by atoms with Gasteiger partial charge in [-0.05, 0) is 6.07 Å². The molecule has 0 bridgehead atoms. The van der Waals surface area contributed by atoms with Gasteiger partial charge in [0.1, 0.15) is 11.4 Å². The molecule has 0 aromatic heterocycles. The van der Waals surface area contributed by atoms with Crippen LogP contribution in [0.4, 0.5) is 23.2 Å². The molecule has 8 heteroatoms. The number of aldehydes is 1. The fourth-order valence-electron chi connectivity index (χ4n) is 1.05. The smallest absolute Gasteiger partial charge is 0.298 e. The third-order valence-electron chi connectivity index (χ3n) is 1.74. The summed E-state index contributed by atoms with van der Waals surface area (Å²) in [5.74, 6) is -1.45. The monoisotopic (exact) mass is 237 g/mol. The molecule has 0 unspecified atom stereocenters. The van der Waals surface area contributed by atoms with Gasteiger partial charge in [0.25, 0.3) is 5.69 Å². The zero-order valence-corrected chi connectivity index (χ0v) is 7.42. The highest BCUT2D eigenvalue weighted by atomic mass is 19.4. The van der Waals surface area contributed by atoms with E-state index in [4.69, 9.17) is 0 Å². The number of carbonyl (C=O) groups excluding carboxylic acids is 1. The van der Waals surface area contributed by atoms with Crippen molar-refractivity contribution < 1.29 is 27.3 Å². The van der Waals surface area contributed by atoms with Crippen molar-refractivity contribution in [3.63, 3.8) is 0 Å². The molecule has 0 radical (unpaired) electrons. The molecule has 16 heavy (non-hydrogen) atoms. The van der Waals surface area contributed by atoms with Crippen molar-refractivity contribution in [3.8, 4) is 0 Å². The molecule has 1 rings (SSSR count). The van der Waals surface area contributed by atoms with Crippen LogP contribution in [0.2, 0.25) is 0 Å². The SMILES string of the molecule is O=Cc1cc([N+](=O)[O-])c(C(F)(F)F)cc1F. The van der Waals surface area contributed by atoms with Crippen molar-refractivity contribution >= 4 is 12.0 Å². The maximum atomic E-state index is 12.9. The molecular formula is C8H3F4NO3. The number of hydrogen-bond donors (Lipinski definition) is 0. The van der Waals surface area contributed by atoms with E-state index in [1.165, 1.54) is 0 Å². The fourth-order valence-corrected chi connectivity index (χ4v) is 1.05. The minimum absolute atomic E-state index is 0.0676. The molecular weight excluding hydrogens is 234 g/mol. The topological polar surface area (TPSA) is 60.2 Å². The number of nitrogens with zero attached hydrogens (tertiary/aromatic N) is 1. The van der Waals surface area contributed by atoms with Crippen LogP contribution >= 0.6 is 0 Å². The summed E-state index contributed by atoms with van der Waals surface area (Å²) in [6.07, 6.45) is -5.15. The zero-order valence-electron chi connectivity index (χ0n) is 7.42. The van der Waals surface area contributed by atoms with Crippen LogP contribution < -0.4 is 0 Å². The summed E-state index contributed by atoms with van der Waals surface area (Å²) in [5.41, 5.74) is -3.86. The van der Waals surface area contributed by atoms with Crippen LogP contribution in [0.3, 0.4) is 0 Å². The second kappa shape index (κ2) is 3.87. The number of alkyl halides is 3. The molecule has 0 spiro atoms. The molecule has 1 aromatic rings. The Morgan fingerprint density at radius 3 is 2.25 bits per heavy atom. The molecule has 0 aliphatic carbocycles. The Morgan fingerprint density at radius 2 is 1.88 bits per heavy atom. The Kier molecular flexibility index (Phi) is 2.92. The number of benzene rings is 1. The van der Waals surface area contributed by atoms with Crippen LogP contribution in [-0.4, -0.2) is 11.2 Å². The van der Waals surface area contributed by atoms with Crippen molar-refractivity contribution in [1.82, 2.24) is 0 Å². The molecule has 0 heterocycles. The Balaban J connectivity index is 3.55. The lowest BCUT2D eigenvalue weighted by Crippen LogP contribution is -2.10. The molecule has 0 N–H and O–H groups in total. The van der Waals surface area contributed by atoms with Gasteiger partial charge in [-0.3, -0.25) is 14.9 Å². The molecule has 0 saturated heterocycles. The van der Waals surface area contributed by atoms with Gasteiger partial charge in [-0.15, -0.1) is 0 Å². The molecule has 1 aromatic carbocycles. The highest BCUT2D eigenvalue weighted by molar-refractivity contribution is 5.77. The van der Waals surface area contributed by atoms with E-state index < -0.39 is 33.7 Å². The lowest BCUT2D eigenvalue weighted by Gasteiger charge is -2.07. The van der Waals surface area contributed by atoms with Gasteiger partial charge in [-0.2, -0.15) is 13.2 Å². The zero-order chi connectivity index (χ0) is 12.5. The van der Waals surface area contributed by atoms with E-state index >= 15 is 0 Å². The molecule has 0 fully saturated rings. The standard InChI is InChI=1S/C8H3F4NO3/c9-6-2-5(8(10,11)12)7(13(15)16)1-4(6)3-14/h1-3H. The summed E-state index contributed by atoms with van der Waals surface area (Å²) >= 11 is 0. The van der Waals surface area contributed by atoms with E-state index in [-0.39, 0.29) is 18.4 Å². The summed E-state index contributed by atoms with van der Waals surface area (Å²) < 4.78 is 49.7. The van der Waals surface area contributed by atoms with Crippen LogP contribution in [0, 0.1) is 15.9 Å². The van der Waals surface area contributed by atoms with Crippen molar-refractivity contribution in [3.05, 3.63) is 39.2 Å². The van der Waals surface area contributed by atoms with E-state index in [1.54, 1.807) is 0 Å². The highest BCUT2D eigenvalue weighted by Gasteiger charge is 2.39. The predicted molar refractivity (Wildman–Crippen MR) is 43.4 cm³/mol. The van der Waals surface area contributed by atoms with Gasteiger partial charge in [-0.1, -0.05) is 0 Å². The summed E-state index contributed by atoms with van der Waals surface area (Å²) in [6, 6.07) is 0.188. The molecule has 0 amide bonds. The number of rotatable bonds is 2. The molecule has 86 valence electrons. The van der Waals surface area contributed by atoms with Gasteiger partial charge in [0.15, 0.2) is 6.29 Å². The number of nitro benzene ring substituents is 1. The first kappa shape index (κ1) is 12.1. The maximum absolute atomic E-state index is 12.9. The predicted octanol–water partition coefficient (Wildman–Crippen LogP) is 2.57. The van der Waals surface area contributed by atoms with Crippen LogP contribution in [0.5, 0.6) is 0 Å². The number of carbonyl (C=O) groups is 1. The van der Waals surface area contributed by atoms with Crippen LogP contribution in [-0.2, 0) is 6.18 Å². The van der Waals surface area contributed by atoms with E-state index in [2.05, 4.69) is 0 Å². The molecule has 0 atom stereocenters. The lowest BCUT2D eigenvalue weighted by atomic mass is 10.1. The third kappa shape index (κ3) is 2.15. The first-order chi connectivity index (χ1) is 7.27. The van der Waals surface area contributed by atoms with Crippen LogP contribution in [0.1, 0.15) is 15.9 Å². The summed E-state index contributed by atoms with van der Waals surface area (Å²) in [4.78, 5) is 19.2.